The van der Waals surface area contributed by atoms with Crippen LogP contribution in [0.4, 0.5) is 0 Å². The number of carbonyl (C=O) groups excluding carboxylic acids is 2. The Balaban J connectivity index is 1.48. The number of hydrogen-bond acceptors (Lipinski definition) is 6. The highest BCUT2D eigenvalue weighted by molar-refractivity contribution is 6.06. The standard InChI is InChI=1S/C25H32N2O5/c1-3-13(2)26-23(30)16-11-25(31)18-10-15-6-7-17(28)21-19(15)24(25,22(32-21)20(16)29)8-9-27(18)12-14-4-5-14/h6-7,13-14,16,18,22,28,31H,3-5,8-12H2,1-2H3,(H,26,30)/t13?,16?,18-,22+,24+,25-/m1/s1. The summed E-state index contributed by atoms with van der Waals surface area (Å²) in [4.78, 5) is 29.2. The maximum absolute atomic E-state index is 13.7. The molecular weight excluding hydrogens is 408 g/mol. The Hall–Kier alpha value is -2.12. The van der Waals surface area contributed by atoms with Crippen LogP contribution in [0.1, 0.15) is 57.1 Å². The smallest absolute Gasteiger partial charge is 0.231 e. The fraction of sp³-hybridized carbons (Fsp3) is 0.680. The number of carbonyl (C=O) groups is 2. The van der Waals surface area contributed by atoms with Gasteiger partial charge >= 0.3 is 0 Å². The number of ketones is 1. The predicted octanol–water partition coefficient (Wildman–Crippen LogP) is 1.67. The van der Waals surface area contributed by atoms with Gasteiger partial charge in [-0.1, -0.05) is 13.0 Å². The van der Waals surface area contributed by atoms with Gasteiger partial charge in [0, 0.05) is 24.2 Å². The topological polar surface area (TPSA) is 99.1 Å². The Kier molecular flexibility index (Phi) is 4.29. The first-order valence-electron chi connectivity index (χ1n) is 12.1. The lowest BCUT2D eigenvalue weighted by Gasteiger charge is -2.63. The second-order valence-electron chi connectivity index (χ2n) is 10.7. The van der Waals surface area contributed by atoms with E-state index in [0.717, 1.165) is 30.6 Å². The highest BCUT2D eigenvalue weighted by Gasteiger charge is 2.75. The molecule has 0 aromatic heterocycles. The van der Waals surface area contributed by atoms with Crippen LogP contribution in [0, 0.1) is 11.8 Å². The van der Waals surface area contributed by atoms with Gasteiger partial charge in [0.25, 0.3) is 0 Å². The van der Waals surface area contributed by atoms with Crippen LogP contribution in [0.15, 0.2) is 12.1 Å². The molecule has 1 aromatic carbocycles. The lowest BCUT2D eigenvalue weighted by atomic mass is 9.47. The van der Waals surface area contributed by atoms with Gasteiger partial charge < -0.3 is 20.3 Å². The summed E-state index contributed by atoms with van der Waals surface area (Å²) < 4.78 is 6.17. The van der Waals surface area contributed by atoms with Crippen molar-refractivity contribution in [3.63, 3.8) is 0 Å². The molecule has 172 valence electrons. The number of phenolic OH excluding ortho intramolecular Hbond substituents is 1. The van der Waals surface area contributed by atoms with Gasteiger partial charge in [-0.05, 0) is 69.5 Å². The van der Waals surface area contributed by atoms with Gasteiger partial charge in [-0.25, -0.2) is 0 Å². The van der Waals surface area contributed by atoms with Crippen LogP contribution in [-0.2, 0) is 21.4 Å². The Morgan fingerprint density at radius 3 is 2.88 bits per heavy atom. The SMILES string of the molecule is CCC(C)NC(=O)C1C[C@@]2(O)[C@H]3Cc4ccc(O)c5c4[C@@]2(CCN3CC2CC2)[C@@H](O5)C1=O. The Bertz CT molecular complexity index is 1010. The molecule has 5 aliphatic rings. The molecule has 0 radical (unpaired) electrons. The molecule has 1 aromatic rings. The van der Waals surface area contributed by atoms with Gasteiger partial charge in [0.05, 0.1) is 11.0 Å². The average molecular weight is 441 g/mol. The van der Waals surface area contributed by atoms with Gasteiger partial charge in [0.1, 0.15) is 5.92 Å². The number of Topliss-reactive ketones (excluding diaryl/α,β-unsaturated/α-hetero) is 1. The number of benzene rings is 1. The monoisotopic (exact) mass is 440 g/mol. The number of nitrogens with zero attached hydrogens (tertiary/aromatic N) is 1. The Morgan fingerprint density at radius 1 is 1.38 bits per heavy atom. The number of amides is 1. The number of hydrogen-bond donors (Lipinski definition) is 3. The van der Waals surface area contributed by atoms with Gasteiger partial charge in [0.15, 0.2) is 23.4 Å². The summed E-state index contributed by atoms with van der Waals surface area (Å²) in [6, 6.07) is 3.33. The van der Waals surface area contributed by atoms with Crippen molar-refractivity contribution in [2.24, 2.45) is 11.8 Å². The van der Waals surface area contributed by atoms with Crippen molar-refractivity contribution in [2.75, 3.05) is 13.1 Å². The molecule has 7 nitrogen and oxygen atoms in total. The minimum absolute atomic E-state index is 0.00198. The summed E-state index contributed by atoms with van der Waals surface area (Å²) in [5.74, 6) is -0.538. The van der Waals surface area contributed by atoms with E-state index in [-0.39, 0.29) is 35.9 Å². The number of ether oxygens (including phenoxy) is 1. The zero-order valence-electron chi connectivity index (χ0n) is 18.8. The lowest BCUT2D eigenvalue weighted by molar-refractivity contribution is -0.198. The number of piperidine rings is 1. The third kappa shape index (κ3) is 2.49. The average Bonchev–Trinajstić information content (AvgIpc) is 3.50. The van der Waals surface area contributed by atoms with E-state index in [4.69, 9.17) is 4.74 Å². The van der Waals surface area contributed by atoms with Gasteiger partial charge in [0.2, 0.25) is 5.91 Å². The van der Waals surface area contributed by atoms with E-state index in [1.165, 1.54) is 12.8 Å². The number of aliphatic hydroxyl groups is 1. The van der Waals surface area contributed by atoms with Crippen LogP contribution >= 0.6 is 0 Å². The maximum atomic E-state index is 13.7. The largest absolute Gasteiger partial charge is 0.504 e. The van der Waals surface area contributed by atoms with Crippen LogP contribution in [0.25, 0.3) is 0 Å². The van der Waals surface area contributed by atoms with E-state index in [1.807, 2.05) is 19.9 Å². The van der Waals surface area contributed by atoms with Crippen molar-refractivity contribution in [1.82, 2.24) is 10.2 Å². The van der Waals surface area contributed by atoms with E-state index in [9.17, 15) is 19.8 Å². The zero-order chi connectivity index (χ0) is 22.4. The molecule has 32 heavy (non-hydrogen) atoms. The van der Waals surface area contributed by atoms with Gasteiger partial charge in [-0.2, -0.15) is 0 Å². The van der Waals surface area contributed by atoms with Crippen molar-refractivity contribution < 1.29 is 24.5 Å². The molecule has 3 N–H and O–H groups in total. The first kappa shape index (κ1) is 20.5. The molecule has 6 atom stereocenters. The number of rotatable bonds is 5. The number of likely N-dealkylation sites (tertiary alicyclic amines) is 1. The van der Waals surface area contributed by atoms with Crippen molar-refractivity contribution in [3.05, 3.63) is 23.3 Å². The highest BCUT2D eigenvalue weighted by Crippen LogP contribution is 2.65. The molecular formula is C25H32N2O5. The van der Waals surface area contributed by atoms with Crippen LogP contribution < -0.4 is 10.1 Å². The minimum atomic E-state index is -1.26. The Labute approximate surface area is 188 Å². The fourth-order valence-corrected chi connectivity index (χ4v) is 6.97. The summed E-state index contributed by atoms with van der Waals surface area (Å²) in [5.41, 5.74) is -0.307. The molecule has 7 heteroatoms. The van der Waals surface area contributed by atoms with Crippen LogP contribution in [-0.4, -0.2) is 63.7 Å². The van der Waals surface area contributed by atoms with Crippen molar-refractivity contribution in [3.8, 4) is 11.5 Å². The number of aromatic hydroxyl groups is 1. The molecule has 2 heterocycles. The van der Waals surface area contributed by atoms with Gasteiger partial charge in [-0.15, -0.1) is 0 Å². The summed E-state index contributed by atoms with van der Waals surface area (Å²) in [6.07, 6.45) is 3.61. The Morgan fingerprint density at radius 2 is 2.16 bits per heavy atom. The molecule has 2 saturated carbocycles. The molecule has 2 bridgehead atoms. The number of phenols is 1. The lowest BCUT2D eigenvalue weighted by Crippen LogP contribution is -2.78. The van der Waals surface area contributed by atoms with Gasteiger partial charge in [-0.3, -0.25) is 14.5 Å². The van der Waals surface area contributed by atoms with Crippen LogP contribution in [0.2, 0.25) is 0 Å². The van der Waals surface area contributed by atoms with Crippen molar-refractivity contribution >= 4 is 11.7 Å². The second kappa shape index (κ2) is 6.70. The third-order valence-electron chi connectivity index (χ3n) is 8.95. The molecule has 1 amide bonds. The van der Waals surface area contributed by atoms with E-state index in [2.05, 4.69) is 10.2 Å². The second-order valence-corrected chi connectivity index (χ2v) is 10.7. The summed E-state index contributed by atoms with van der Waals surface area (Å²) in [6.45, 7) is 5.64. The van der Waals surface area contributed by atoms with Crippen molar-refractivity contribution in [2.45, 2.75) is 81.6 Å². The molecule has 2 unspecified atom stereocenters. The summed E-state index contributed by atoms with van der Waals surface area (Å²) in [5, 5.41) is 26.0. The first-order valence-corrected chi connectivity index (χ1v) is 12.1. The maximum Gasteiger partial charge on any atom is 0.231 e. The molecule has 6 rings (SSSR count). The molecule has 3 aliphatic carbocycles. The third-order valence-corrected chi connectivity index (χ3v) is 8.95. The predicted molar refractivity (Wildman–Crippen MR) is 117 cm³/mol. The van der Waals surface area contributed by atoms with E-state index >= 15 is 0 Å². The molecule has 1 spiro atoms. The molecule has 1 saturated heterocycles. The van der Waals surface area contributed by atoms with E-state index in [1.54, 1.807) is 6.07 Å². The minimum Gasteiger partial charge on any atom is -0.504 e. The van der Waals surface area contributed by atoms with Crippen molar-refractivity contribution in [1.29, 1.82) is 0 Å². The molecule has 3 fully saturated rings. The summed E-state index contributed by atoms with van der Waals surface area (Å²) in [7, 11) is 0. The van der Waals surface area contributed by atoms with E-state index < -0.39 is 23.0 Å². The zero-order valence-corrected chi connectivity index (χ0v) is 18.8. The fourth-order valence-electron chi connectivity index (χ4n) is 6.97. The molecule has 2 aliphatic heterocycles. The summed E-state index contributed by atoms with van der Waals surface area (Å²) >= 11 is 0. The van der Waals surface area contributed by atoms with Crippen LogP contribution in [0.5, 0.6) is 11.5 Å². The quantitative estimate of drug-likeness (QED) is 0.603. The van der Waals surface area contributed by atoms with Crippen LogP contribution in [0.3, 0.4) is 0 Å². The highest BCUT2D eigenvalue weighted by atomic mass is 16.5. The number of nitrogens with one attached hydrogen (secondary N) is 1. The van der Waals surface area contributed by atoms with E-state index in [0.29, 0.717) is 24.5 Å². The first-order chi connectivity index (χ1) is 15.3. The normalized spacial score (nSPS) is 38.1.